The van der Waals surface area contributed by atoms with E-state index in [0.29, 0.717) is 11.3 Å². The van der Waals surface area contributed by atoms with E-state index in [9.17, 15) is 4.39 Å². The van der Waals surface area contributed by atoms with Crippen LogP contribution in [0.1, 0.15) is 5.56 Å². The van der Waals surface area contributed by atoms with Crippen molar-refractivity contribution >= 4 is 18.1 Å². The van der Waals surface area contributed by atoms with Crippen molar-refractivity contribution in [1.82, 2.24) is 0 Å². The van der Waals surface area contributed by atoms with Crippen molar-refractivity contribution < 1.29 is 4.39 Å². The van der Waals surface area contributed by atoms with Crippen molar-refractivity contribution in [1.29, 1.82) is 0 Å². The van der Waals surface area contributed by atoms with Gasteiger partial charge in [0.15, 0.2) is 0 Å². The largest absolute Gasteiger partial charge is 0.398 e. The Bertz CT molecular complexity index is 205. The molecule has 0 heterocycles. The van der Waals surface area contributed by atoms with Gasteiger partial charge in [-0.1, -0.05) is 6.07 Å². The number of benzene rings is 1. The molecule has 0 aliphatic heterocycles. The number of halogens is 2. The third-order valence-corrected chi connectivity index (χ3v) is 1.31. The molecule has 1 aromatic carbocycles. The Hall–Kier alpha value is -0.760. The first kappa shape index (κ1) is 9.24. The highest BCUT2D eigenvalue weighted by molar-refractivity contribution is 5.85. The number of rotatable bonds is 0. The zero-order valence-corrected chi connectivity index (χ0v) is 6.41. The van der Waals surface area contributed by atoms with Crippen LogP contribution in [-0.4, -0.2) is 0 Å². The average molecular weight is 162 g/mol. The fraction of sp³-hybridized carbons (Fsp3) is 0.143. The zero-order valence-electron chi connectivity index (χ0n) is 5.60. The SMILES string of the molecule is Cc1c(N)cccc1F.Cl. The smallest absolute Gasteiger partial charge is 0.128 e. The van der Waals surface area contributed by atoms with Gasteiger partial charge in [0.05, 0.1) is 0 Å². The van der Waals surface area contributed by atoms with Crippen molar-refractivity contribution in [2.75, 3.05) is 5.73 Å². The average Bonchev–Trinajstić information content (AvgIpc) is 1.83. The van der Waals surface area contributed by atoms with Crippen LogP contribution >= 0.6 is 12.4 Å². The molecular weight excluding hydrogens is 153 g/mol. The molecule has 1 rings (SSSR count). The number of anilines is 1. The van der Waals surface area contributed by atoms with Crippen LogP contribution in [0.5, 0.6) is 0 Å². The molecular formula is C7H9ClFN. The third-order valence-electron chi connectivity index (χ3n) is 1.31. The molecule has 0 saturated heterocycles. The van der Waals surface area contributed by atoms with Crippen LogP contribution in [0.2, 0.25) is 0 Å². The van der Waals surface area contributed by atoms with Gasteiger partial charge in [0, 0.05) is 11.3 Å². The summed E-state index contributed by atoms with van der Waals surface area (Å²) >= 11 is 0. The molecule has 0 aliphatic carbocycles. The molecule has 0 fully saturated rings. The van der Waals surface area contributed by atoms with E-state index in [2.05, 4.69) is 0 Å². The lowest BCUT2D eigenvalue weighted by molar-refractivity contribution is 0.619. The molecule has 0 atom stereocenters. The molecule has 0 bridgehead atoms. The summed E-state index contributed by atoms with van der Waals surface area (Å²) < 4.78 is 12.5. The second kappa shape index (κ2) is 3.42. The summed E-state index contributed by atoms with van der Waals surface area (Å²) in [6, 6.07) is 4.67. The van der Waals surface area contributed by atoms with Crippen LogP contribution in [0.3, 0.4) is 0 Å². The molecule has 0 unspecified atom stereocenters. The molecule has 0 radical (unpaired) electrons. The van der Waals surface area contributed by atoms with E-state index in [-0.39, 0.29) is 18.2 Å². The number of hydrogen-bond donors (Lipinski definition) is 1. The minimum atomic E-state index is -0.241. The van der Waals surface area contributed by atoms with Crippen LogP contribution in [0, 0.1) is 12.7 Å². The van der Waals surface area contributed by atoms with Gasteiger partial charge in [-0.3, -0.25) is 0 Å². The van der Waals surface area contributed by atoms with Crippen LogP contribution in [0.4, 0.5) is 10.1 Å². The number of hydrogen-bond acceptors (Lipinski definition) is 1. The molecule has 2 N–H and O–H groups in total. The van der Waals surface area contributed by atoms with Crippen molar-refractivity contribution in [3.63, 3.8) is 0 Å². The van der Waals surface area contributed by atoms with Gasteiger partial charge in [-0.25, -0.2) is 4.39 Å². The normalized spacial score (nSPS) is 8.60. The van der Waals surface area contributed by atoms with E-state index >= 15 is 0 Å². The Balaban J connectivity index is 0.000000810. The van der Waals surface area contributed by atoms with Gasteiger partial charge in [-0.15, -0.1) is 12.4 Å². The highest BCUT2D eigenvalue weighted by Gasteiger charge is 1.96. The van der Waals surface area contributed by atoms with E-state index in [1.807, 2.05) is 0 Å². The molecule has 1 aromatic rings. The maximum atomic E-state index is 12.5. The van der Waals surface area contributed by atoms with Gasteiger partial charge in [-0.2, -0.15) is 0 Å². The predicted octanol–water partition coefficient (Wildman–Crippen LogP) is 2.14. The van der Waals surface area contributed by atoms with Gasteiger partial charge in [0.2, 0.25) is 0 Å². The second-order valence-electron chi connectivity index (χ2n) is 1.95. The Kier molecular flexibility index (Phi) is 3.16. The fourth-order valence-electron chi connectivity index (χ4n) is 0.624. The fourth-order valence-corrected chi connectivity index (χ4v) is 0.624. The summed E-state index contributed by atoms with van der Waals surface area (Å²) in [5.41, 5.74) is 6.42. The molecule has 0 amide bonds. The van der Waals surface area contributed by atoms with Crippen LogP contribution in [-0.2, 0) is 0 Å². The summed E-state index contributed by atoms with van der Waals surface area (Å²) in [5.74, 6) is -0.241. The Morgan fingerprint density at radius 1 is 1.40 bits per heavy atom. The highest BCUT2D eigenvalue weighted by Crippen LogP contribution is 2.12. The van der Waals surface area contributed by atoms with Gasteiger partial charge < -0.3 is 5.73 Å². The minimum absolute atomic E-state index is 0. The molecule has 0 saturated carbocycles. The zero-order chi connectivity index (χ0) is 6.85. The number of nitrogen functional groups attached to an aromatic ring is 1. The Labute approximate surface area is 65.5 Å². The van der Waals surface area contributed by atoms with Gasteiger partial charge >= 0.3 is 0 Å². The Morgan fingerprint density at radius 3 is 2.40 bits per heavy atom. The number of nitrogens with two attached hydrogens (primary N) is 1. The van der Waals surface area contributed by atoms with Crippen molar-refractivity contribution in [2.24, 2.45) is 0 Å². The monoisotopic (exact) mass is 161 g/mol. The molecule has 0 spiro atoms. The van der Waals surface area contributed by atoms with Crippen LogP contribution in [0.15, 0.2) is 18.2 Å². The molecule has 3 heteroatoms. The van der Waals surface area contributed by atoms with Gasteiger partial charge in [0.25, 0.3) is 0 Å². The van der Waals surface area contributed by atoms with E-state index in [4.69, 9.17) is 5.73 Å². The molecule has 10 heavy (non-hydrogen) atoms. The maximum Gasteiger partial charge on any atom is 0.128 e. The minimum Gasteiger partial charge on any atom is -0.398 e. The molecule has 0 aliphatic rings. The summed E-state index contributed by atoms with van der Waals surface area (Å²) in [4.78, 5) is 0. The lowest BCUT2D eigenvalue weighted by Gasteiger charge is -1.97. The van der Waals surface area contributed by atoms with Gasteiger partial charge in [0.1, 0.15) is 5.82 Å². The summed E-state index contributed by atoms with van der Waals surface area (Å²) in [5, 5.41) is 0. The molecule has 56 valence electrons. The summed E-state index contributed by atoms with van der Waals surface area (Å²) in [7, 11) is 0. The molecule has 0 aromatic heterocycles. The summed E-state index contributed by atoms with van der Waals surface area (Å²) in [6.07, 6.45) is 0. The standard InChI is InChI=1S/C7H8FN.ClH/c1-5-6(8)3-2-4-7(5)9;/h2-4H,9H2,1H3;1H. The van der Waals surface area contributed by atoms with Crippen molar-refractivity contribution in [2.45, 2.75) is 6.92 Å². The second-order valence-corrected chi connectivity index (χ2v) is 1.95. The lowest BCUT2D eigenvalue weighted by atomic mass is 10.2. The first-order valence-corrected chi connectivity index (χ1v) is 2.72. The van der Waals surface area contributed by atoms with Crippen molar-refractivity contribution in [3.05, 3.63) is 29.6 Å². The van der Waals surface area contributed by atoms with Crippen LogP contribution in [0.25, 0.3) is 0 Å². The van der Waals surface area contributed by atoms with Crippen molar-refractivity contribution in [3.8, 4) is 0 Å². The van der Waals surface area contributed by atoms with E-state index < -0.39 is 0 Å². The van der Waals surface area contributed by atoms with E-state index in [0.717, 1.165) is 0 Å². The van der Waals surface area contributed by atoms with Crippen LogP contribution < -0.4 is 5.73 Å². The topological polar surface area (TPSA) is 26.0 Å². The summed E-state index contributed by atoms with van der Waals surface area (Å²) in [6.45, 7) is 1.66. The van der Waals surface area contributed by atoms with Gasteiger partial charge in [-0.05, 0) is 19.1 Å². The lowest BCUT2D eigenvalue weighted by Crippen LogP contribution is -1.90. The first-order chi connectivity index (χ1) is 4.22. The predicted molar refractivity (Wildman–Crippen MR) is 42.8 cm³/mol. The quantitative estimate of drug-likeness (QED) is 0.580. The third kappa shape index (κ3) is 1.61. The highest BCUT2D eigenvalue weighted by atomic mass is 35.5. The Morgan fingerprint density at radius 2 is 2.00 bits per heavy atom. The molecule has 1 nitrogen and oxygen atoms in total. The van der Waals surface area contributed by atoms with E-state index in [1.165, 1.54) is 6.07 Å². The first-order valence-electron chi connectivity index (χ1n) is 2.72. The van der Waals surface area contributed by atoms with E-state index in [1.54, 1.807) is 19.1 Å². The maximum absolute atomic E-state index is 12.5.